The highest BCUT2D eigenvalue weighted by Gasteiger charge is 2.28. The van der Waals surface area contributed by atoms with Crippen LogP contribution in [0.3, 0.4) is 0 Å². The zero-order valence-corrected chi connectivity index (χ0v) is 28.0. The molecule has 1 aliphatic carbocycles. The lowest BCUT2D eigenvalue weighted by molar-refractivity contribution is -0.116. The highest BCUT2D eigenvalue weighted by molar-refractivity contribution is 8.00. The Hall–Kier alpha value is -4.19. The summed E-state index contributed by atoms with van der Waals surface area (Å²) in [7, 11) is 1.36. The summed E-state index contributed by atoms with van der Waals surface area (Å²) in [6.07, 6.45) is 7.06. The first kappa shape index (κ1) is 33.2. The van der Waals surface area contributed by atoms with Crippen LogP contribution in [0.5, 0.6) is 0 Å². The van der Waals surface area contributed by atoms with E-state index in [0.717, 1.165) is 53.0 Å². The Labute approximate surface area is 280 Å². The van der Waals surface area contributed by atoms with Crippen molar-refractivity contribution in [2.24, 2.45) is 0 Å². The van der Waals surface area contributed by atoms with Crippen molar-refractivity contribution in [3.05, 3.63) is 104 Å². The van der Waals surface area contributed by atoms with Gasteiger partial charge >= 0.3 is 5.97 Å². The Kier molecular flexibility index (Phi) is 11.5. The van der Waals surface area contributed by atoms with Gasteiger partial charge in [0, 0.05) is 21.0 Å². The second kappa shape index (κ2) is 15.9. The molecule has 2 aromatic carbocycles. The third-order valence-corrected chi connectivity index (χ3v) is 10.7. The zero-order chi connectivity index (χ0) is 32.5. The fraction of sp³-hybridized carbons (Fsp3) is 0.257. The van der Waals surface area contributed by atoms with E-state index in [1.807, 2.05) is 35.9 Å². The van der Waals surface area contributed by atoms with Crippen molar-refractivity contribution < 1.29 is 23.9 Å². The third-order valence-electron chi connectivity index (χ3n) is 7.46. The number of esters is 1. The SMILES string of the molecule is CCC(Sc1cccc(NC(=O)/C(=C/c2ccsc2)NC(=O)c2ccccc2)c1)C(=O)Nc1sc2c(c1C(=O)OC)CCCCC2. The van der Waals surface area contributed by atoms with E-state index in [1.165, 1.54) is 41.5 Å². The average molecular weight is 674 g/mol. The van der Waals surface area contributed by atoms with Gasteiger partial charge in [0.2, 0.25) is 5.91 Å². The number of aryl methyl sites for hydroxylation is 1. The van der Waals surface area contributed by atoms with Crippen molar-refractivity contribution in [2.75, 3.05) is 17.7 Å². The van der Waals surface area contributed by atoms with Crippen LogP contribution in [0, 0.1) is 0 Å². The van der Waals surface area contributed by atoms with Crippen molar-refractivity contribution in [2.45, 2.75) is 55.6 Å². The molecule has 0 saturated carbocycles. The lowest BCUT2D eigenvalue weighted by atomic mass is 10.1. The number of hydrogen-bond donors (Lipinski definition) is 3. The summed E-state index contributed by atoms with van der Waals surface area (Å²) in [4.78, 5) is 54.5. The molecule has 3 N–H and O–H groups in total. The molecule has 46 heavy (non-hydrogen) atoms. The molecule has 8 nitrogen and oxygen atoms in total. The number of carbonyl (C=O) groups excluding carboxylic acids is 4. The molecule has 0 bridgehead atoms. The number of rotatable bonds is 11. The molecule has 0 spiro atoms. The first-order chi connectivity index (χ1) is 22.4. The second-order valence-electron chi connectivity index (χ2n) is 10.7. The first-order valence-corrected chi connectivity index (χ1v) is 17.7. The maximum Gasteiger partial charge on any atom is 0.341 e. The highest BCUT2D eigenvalue weighted by Crippen LogP contribution is 2.39. The number of nitrogens with one attached hydrogen (secondary N) is 3. The minimum atomic E-state index is -0.477. The van der Waals surface area contributed by atoms with Gasteiger partial charge in [-0.1, -0.05) is 37.6 Å². The molecule has 0 radical (unpaired) electrons. The molecule has 2 aromatic heterocycles. The molecule has 11 heteroatoms. The van der Waals surface area contributed by atoms with Crippen LogP contribution in [0.1, 0.15) is 69.3 Å². The van der Waals surface area contributed by atoms with Crippen LogP contribution in [-0.4, -0.2) is 36.1 Å². The van der Waals surface area contributed by atoms with Gasteiger partial charge in [0.25, 0.3) is 11.8 Å². The minimum Gasteiger partial charge on any atom is -0.465 e. The van der Waals surface area contributed by atoms with Gasteiger partial charge in [-0.15, -0.1) is 23.1 Å². The van der Waals surface area contributed by atoms with Gasteiger partial charge in [-0.2, -0.15) is 11.3 Å². The summed E-state index contributed by atoms with van der Waals surface area (Å²) in [5.74, 6) is -1.50. The number of hydrogen-bond acceptors (Lipinski definition) is 8. The van der Waals surface area contributed by atoms with Crippen LogP contribution >= 0.6 is 34.4 Å². The highest BCUT2D eigenvalue weighted by atomic mass is 32.2. The Morgan fingerprint density at radius 3 is 2.52 bits per heavy atom. The molecule has 0 aliphatic heterocycles. The van der Waals surface area contributed by atoms with Crippen LogP contribution in [-0.2, 0) is 27.2 Å². The van der Waals surface area contributed by atoms with Crippen LogP contribution in [0.4, 0.5) is 10.7 Å². The molecule has 4 aromatic rings. The lowest BCUT2D eigenvalue weighted by Gasteiger charge is -2.16. The standard InChI is InChI=1S/C35H35N3O5S3/c1-3-28(33(41)38-34-30(35(42)43-2)26-15-8-5-9-16-29(26)46-34)45-25-14-10-13-24(20-25)36-32(40)27(19-22-17-18-44-21-22)37-31(39)23-11-6-4-7-12-23/h4,6-7,10-14,17-21,28H,3,5,8-9,15-16H2,1-2H3,(H,36,40)(H,37,39)(H,38,41)/b27-19-. The molecule has 2 heterocycles. The molecular formula is C35H35N3O5S3. The smallest absolute Gasteiger partial charge is 0.341 e. The molecular weight excluding hydrogens is 639 g/mol. The molecule has 5 rings (SSSR count). The van der Waals surface area contributed by atoms with Gasteiger partial charge in [0.15, 0.2) is 0 Å². The molecule has 1 unspecified atom stereocenters. The maximum atomic E-state index is 13.5. The fourth-order valence-electron chi connectivity index (χ4n) is 5.14. The normalized spacial score (nSPS) is 13.6. The number of anilines is 2. The summed E-state index contributed by atoms with van der Waals surface area (Å²) in [5, 5.41) is 12.5. The quantitative estimate of drug-likeness (QED) is 0.0649. The van der Waals surface area contributed by atoms with Crippen LogP contribution in [0.15, 0.2) is 82.0 Å². The van der Waals surface area contributed by atoms with Gasteiger partial charge in [0.1, 0.15) is 10.7 Å². The average Bonchev–Trinajstić information content (AvgIpc) is 3.64. The number of carbonyl (C=O) groups is 4. The summed E-state index contributed by atoms with van der Waals surface area (Å²) >= 11 is 4.34. The van der Waals surface area contributed by atoms with E-state index in [-0.39, 0.29) is 11.6 Å². The van der Waals surface area contributed by atoms with E-state index in [1.54, 1.807) is 48.5 Å². The van der Waals surface area contributed by atoms with E-state index in [2.05, 4.69) is 16.0 Å². The van der Waals surface area contributed by atoms with Crippen LogP contribution in [0.2, 0.25) is 0 Å². The van der Waals surface area contributed by atoms with Crippen molar-refractivity contribution in [3.8, 4) is 0 Å². The predicted octanol–water partition coefficient (Wildman–Crippen LogP) is 7.78. The Balaban J connectivity index is 1.29. The number of thioether (sulfide) groups is 1. The Morgan fingerprint density at radius 1 is 0.978 bits per heavy atom. The summed E-state index contributed by atoms with van der Waals surface area (Å²) in [6, 6.07) is 17.8. The maximum absolute atomic E-state index is 13.5. The molecule has 0 saturated heterocycles. The van der Waals surface area contributed by atoms with Crippen molar-refractivity contribution >= 4 is 74.9 Å². The first-order valence-electron chi connectivity index (χ1n) is 15.1. The van der Waals surface area contributed by atoms with Crippen molar-refractivity contribution in [1.29, 1.82) is 0 Å². The molecule has 1 aliphatic rings. The fourth-order valence-corrected chi connectivity index (χ4v) is 8.05. The van der Waals surface area contributed by atoms with Gasteiger partial charge < -0.3 is 20.7 Å². The Bertz CT molecular complexity index is 1730. The monoisotopic (exact) mass is 673 g/mol. The summed E-state index contributed by atoms with van der Waals surface area (Å²) < 4.78 is 5.09. The van der Waals surface area contributed by atoms with Gasteiger partial charge in [-0.05, 0) is 96.5 Å². The molecule has 3 amide bonds. The molecule has 0 fully saturated rings. The topological polar surface area (TPSA) is 114 Å². The largest absolute Gasteiger partial charge is 0.465 e. The lowest BCUT2D eigenvalue weighted by Crippen LogP contribution is -2.30. The van der Waals surface area contributed by atoms with E-state index in [9.17, 15) is 19.2 Å². The summed E-state index contributed by atoms with van der Waals surface area (Å²) in [5.41, 5.74) is 3.33. The number of benzene rings is 2. The van der Waals surface area contributed by atoms with Crippen LogP contribution in [0.25, 0.3) is 6.08 Å². The van der Waals surface area contributed by atoms with Gasteiger partial charge in [0.05, 0.1) is 17.9 Å². The van der Waals surface area contributed by atoms with E-state index in [4.69, 9.17) is 4.74 Å². The van der Waals surface area contributed by atoms with Crippen molar-refractivity contribution in [1.82, 2.24) is 5.32 Å². The predicted molar refractivity (Wildman–Crippen MR) is 187 cm³/mol. The number of methoxy groups -OCH3 is 1. The minimum absolute atomic E-state index is 0.104. The third kappa shape index (κ3) is 8.34. The van der Waals surface area contributed by atoms with Gasteiger partial charge in [-0.25, -0.2) is 4.79 Å². The van der Waals surface area contributed by atoms with Crippen LogP contribution < -0.4 is 16.0 Å². The van der Waals surface area contributed by atoms with E-state index < -0.39 is 23.0 Å². The second-order valence-corrected chi connectivity index (χ2v) is 13.8. The van der Waals surface area contributed by atoms with E-state index in [0.29, 0.717) is 28.2 Å². The number of ether oxygens (including phenoxy) is 1. The van der Waals surface area contributed by atoms with E-state index >= 15 is 0 Å². The van der Waals surface area contributed by atoms with Gasteiger partial charge in [-0.3, -0.25) is 14.4 Å². The summed E-state index contributed by atoms with van der Waals surface area (Å²) in [6.45, 7) is 1.94. The zero-order valence-electron chi connectivity index (χ0n) is 25.6. The molecule has 1 atom stereocenters. The number of thiophene rings is 2. The molecule has 238 valence electrons. The number of fused-ring (bicyclic) bond motifs is 1. The van der Waals surface area contributed by atoms with Crippen molar-refractivity contribution in [3.63, 3.8) is 0 Å². The number of amides is 3. The Morgan fingerprint density at radius 2 is 1.78 bits per heavy atom.